The van der Waals surface area contributed by atoms with Crippen LogP contribution in [0.2, 0.25) is 0 Å². The summed E-state index contributed by atoms with van der Waals surface area (Å²) in [5, 5.41) is 10.2. The molecule has 2 atom stereocenters. The van der Waals surface area contributed by atoms with E-state index in [2.05, 4.69) is 27.0 Å². The molecule has 156 valence electrons. The topological polar surface area (TPSA) is 61.4 Å². The van der Waals surface area contributed by atoms with Gasteiger partial charge >= 0.3 is 0 Å². The van der Waals surface area contributed by atoms with Gasteiger partial charge in [0, 0.05) is 12.1 Å². The molecule has 0 saturated carbocycles. The fraction of sp³-hybridized carbons (Fsp3) is 0.250. The van der Waals surface area contributed by atoms with Crippen molar-refractivity contribution in [2.75, 3.05) is 20.6 Å². The number of thiophene rings is 1. The van der Waals surface area contributed by atoms with Gasteiger partial charge < -0.3 is 15.5 Å². The smallest absolute Gasteiger partial charge is 0.251 e. The summed E-state index contributed by atoms with van der Waals surface area (Å²) in [6.45, 7) is 0.511. The van der Waals surface area contributed by atoms with Crippen LogP contribution in [0.25, 0.3) is 0 Å². The van der Waals surface area contributed by atoms with Gasteiger partial charge in [0.25, 0.3) is 5.91 Å². The number of nitrogens with one attached hydrogen (secondary N) is 2. The molecule has 0 aliphatic carbocycles. The Morgan fingerprint density at radius 3 is 2.20 bits per heavy atom. The van der Waals surface area contributed by atoms with Crippen LogP contribution in [0, 0.1) is 0 Å². The summed E-state index contributed by atoms with van der Waals surface area (Å²) in [5.74, 6) is -0.291. The molecular weight excluding hydrogens is 394 g/mol. The Hall–Kier alpha value is -2.96. The molecule has 0 aliphatic rings. The first-order valence-corrected chi connectivity index (χ1v) is 10.8. The van der Waals surface area contributed by atoms with Gasteiger partial charge in [-0.15, -0.1) is 0 Å². The van der Waals surface area contributed by atoms with E-state index in [9.17, 15) is 9.59 Å². The zero-order valence-electron chi connectivity index (χ0n) is 17.2. The molecule has 1 aromatic heterocycles. The van der Waals surface area contributed by atoms with E-state index in [0.29, 0.717) is 12.1 Å². The van der Waals surface area contributed by atoms with Crippen molar-refractivity contribution in [2.45, 2.75) is 18.5 Å². The first kappa shape index (κ1) is 21.7. The van der Waals surface area contributed by atoms with Crippen molar-refractivity contribution in [3.8, 4) is 0 Å². The summed E-state index contributed by atoms with van der Waals surface area (Å²) < 4.78 is 0. The van der Waals surface area contributed by atoms with Crippen molar-refractivity contribution in [3.05, 3.63) is 94.2 Å². The molecule has 1 heterocycles. The van der Waals surface area contributed by atoms with Crippen molar-refractivity contribution in [1.29, 1.82) is 0 Å². The Kier molecular flexibility index (Phi) is 7.76. The maximum absolute atomic E-state index is 12.8. The van der Waals surface area contributed by atoms with E-state index in [-0.39, 0.29) is 24.3 Å². The molecule has 0 saturated heterocycles. The van der Waals surface area contributed by atoms with Crippen LogP contribution < -0.4 is 10.6 Å². The van der Waals surface area contributed by atoms with E-state index in [0.717, 1.165) is 5.56 Å². The standard InChI is InChI=1S/C24H27N3O2S/c1-27(2)22(20-13-14-30-17-20)16-25-23(28)15-21(18-9-5-3-6-10-18)26-24(29)19-11-7-4-8-12-19/h3-14,17,21-22H,15-16H2,1-2H3,(H,25,28)(H,26,29). The molecule has 2 amide bonds. The molecule has 2 N–H and O–H groups in total. The molecule has 0 bridgehead atoms. The van der Waals surface area contributed by atoms with Crippen molar-refractivity contribution < 1.29 is 9.59 Å². The van der Waals surface area contributed by atoms with E-state index < -0.39 is 6.04 Å². The maximum atomic E-state index is 12.8. The molecule has 3 aromatic rings. The molecule has 0 fully saturated rings. The predicted octanol–water partition coefficient (Wildman–Crippen LogP) is 4.03. The lowest BCUT2D eigenvalue weighted by Gasteiger charge is -2.25. The highest BCUT2D eigenvalue weighted by Gasteiger charge is 2.21. The minimum absolute atomic E-state index is 0.0979. The summed E-state index contributed by atoms with van der Waals surface area (Å²) in [6, 6.07) is 20.4. The van der Waals surface area contributed by atoms with Gasteiger partial charge in [-0.3, -0.25) is 9.59 Å². The van der Waals surface area contributed by atoms with E-state index >= 15 is 0 Å². The zero-order chi connectivity index (χ0) is 21.3. The molecule has 6 heteroatoms. The molecule has 5 nitrogen and oxygen atoms in total. The number of nitrogens with zero attached hydrogens (tertiary/aromatic N) is 1. The number of rotatable bonds is 9. The predicted molar refractivity (Wildman–Crippen MR) is 121 cm³/mol. The SMILES string of the molecule is CN(C)C(CNC(=O)CC(NC(=O)c1ccccc1)c1ccccc1)c1ccsc1. The minimum atomic E-state index is -0.405. The molecule has 0 spiro atoms. The summed E-state index contributed by atoms with van der Waals surface area (Å²) in [5.41, 5.74) is 2.66. The van der Waals surface area contributed by atoms with Gasteiger partial charge in [-0.2, -0.15) is 11.3 Å². The summed E-state index contributed by atoms with van der Waals surface area (Å²) in [4.78, 5) is 27.5. The molecular formula is C24H27N3O2S. The molecule has 2 aromatic carbocycles. The fourth-order valence-electron chi connectivity index (χ4n) is 3.30. The second-order valence-corrected chi connectivity index (χ2v) is 8.13. The summed E-state index contributed by atoms with van der Waals surface area (Å²) >= 11 is 1.65. The number of likely N-dealkylation sites (N-methyl/N-ethyl adjacent to an activating group) is 1. The minimum Gasteiger partial charge on any atom is -0.354 e. The Morgan fingerprint density at radius 1 is 0.933 bits per heavy atom. The van der Waals surface area contributed by atoms with E-state index in [1.807, 2.05) is 68.0 Å². The number of carbonyl (C=O) groups excluding carboxylic acids is 2. The van der Waals surface area contributed by atoms with Gasteiger partial charge in [0.05, 0.1) is 18.5 Å². The fourth-order valence-corrected chi connectivity index (χ4v) is 4.01. The number of hydrogen-bond donors (Lipinski definition) is 2. The van der Waals surface area contributed by atoms with E-state index in [1.54, 1.807) is 23.5 Å². The van der Waals surface area contributed by atoms with Crippen molar-refractivity contribution in [3.63, 3.8) is 0 Å². The monoisotopic (exact) mass is 421 g/mol. The van der Waals surface area contributed by atoms with Crippen LogP contribution in [0.1, 0.15) is 40.0 Å². The van der Waals surface area contributed by atoms with Crippen LogP contribution in [0.15, 0.2) is 77.5 Å². The number of benzene rings is 2. The molecule has 30 heavy (non-hydrogen) atoms. The van der Waals surface area contributed by atoms with Crippen LogP contribution >= 0.6 is 11.3 Å². The maximum Gasteiger partial charge on any atom is 0.251 e. The van der Waals surface area contributed by atoms with Crippen molar-refractivity contribution in [1.82, 2.24) is 15.5 Å². The van der Waals surface area contributed by atoms with Crippen LogP contribution in [0.5, 0.6) is 0 Å². The lowest BCUT2D eigenvalue weighted by atomic mass is 10.0. The van der Waals surface area contributed by atoms with Gasteiger partial charge in [-0.05, 0) is 54.2 Å². The molecule has 0 aliphatic heterocycles. The Morgan fingerprint density at radius 2 is 1.60 bits per heavy atom. The number of amides is 2. The highest BCUT2D eigenvalue weighted by molar-refractivity contribution is 7.07. The van der Waals surface area contributed by atoms with Crippen LogP contribution in [-0.2, 0) is 4.79 Å². The highest BCUT2D eigenvalue weighted by atomic mass is 32.1. The second kappa shape index (κ2) is 10.7. The van der Waals surface area contributed by atoms with E-state index in [1.165, 1.54) is 5.56 Å². The van der Waals surface area contributed by atoms with Crippen LogP contribution in [0.3, 0.4) is 0 Å². The Bertz CT molecular complexity index is 928. The Labute approximate surface area is 181 Å². The third kappa shape index (κ3) is 6.02. The van der Waals surface area contributed by atoms with Gasteiger partial charge in [0.2, 0.25) is 5.91 Å². The molecule has 3 rings (SSSR count). The number of hydrogen-bond acceptors (Lipinski definition) is 4. The first-order chi connectivity index (χ1) is 14.5. The summed E-state index contributed by atoms with van der Waals surface area (Å²) in [6.07, 6.45) is 0.173. The average molecular weight is 422 g/mol. The summed E-state index contributed by atoms with van der Waals surface area (Å²) in [7, 11) is 4.00. The van der Waals surface area contributed by atoms with E-state index in [4.69, 9.17) is 0 Å². The van der Waals surface area contributed by atoms with Gasteiger partial charge in [0.1, 0.15) is 0 Å². The van der Waals surface area contributed by atoms with Gasteiger partial charge in [-0.25, -0.2) is 0 Å². The lowest BCUT2D eigenvalue weighted by molar-refractivity contribution is -0.121. The third-order valence-corrected chi connectivity index (χ3v) is 5.68. The Balaban J connectivity index is 1.66. The second-order valence-electron chi connectivity index (χ2n) is 7.35. The molecule has 2 unspecified atom stereocenters. The van der Waals surface area contributed by atoms with Crippen molar-refractivity contribution in [2.24, 2.45) is 0 Å². The normalized spacial score (nSPS) is 12.9. The highest BCUT2D eigenvalue weighted by Crippen LogP contribution is 2.21. The van der Waals surface area contributed by atoms with Crippen LogP contribution in [0.4, 0.5) is 0 Å². The number of carbonyl (C=O) groups is 2. The average Bonchev–Trinajstić information content (AvgIpc) is 3.29. The van der Waals surface area contributed by atoms with Gasteiger partial charge in [-0.1, -0.05) is 48.5 Å². The lowest BCUT2D eigenvalue weighted by Crippen LogP contribution is -2.37. The van der Waals surface area contributed by atoms with Gasteiger partial charge in [0.15, 0.2) is 0 Å². The zero-order valence-corrected chi connectivity index (χ0v) is 18.1. The quantitative estimate of drug-likeness (QED) is 0.548. The first-order valence-electron chi connectivity index (χ1n) is 9.90. The van der Waals surface area contributed by atoms with Crippen LogP contribution in [-0.4, -0.2) is 37.4 Å². The largest absolute Gasteiger partial charge is 0.354 e. The molecule has 0 radical (unpaired) electrons. The van der Waals surface area contributed by atoms with Crippen molar-refractivity contribution >= 4 is 23.2 Å². The third-order valence-electron chi connectivity index (χ3n) is 4.98.